The van der Waals surface area contributed by atoms with Crippen LogP contribution in [0.2, 0.25) is 0 Å². The first-order chi connectivity index (χ1) is 8.65. The number of nitrogens with one attached hydrogen (secondary N) is 1. The number of guanidine groups is 1. The van der Waals surface area contributed by atoms with Gasteiger partial charge in [0, 0.05) is 13.6 Å². The maximum atomic E-state index is 5.73. The molecule has 1 aliphatic rings. The molecule has 1 aromatic rings. The van der Waals surface area contributed by atoms with E-state index < -0.39 is 0 Å². The molecule has 1 N–H and O–H groups in total. The fraction of sp³-hybridized carbons (Fsp3) is 0.500. The highest BCUT2D eigenvalue weighted by atomic mass is 127. The van der Waals surface area contributed by atoms with E-state index in [0.717, 1.165) is 31.3 Å². The summed E-state index contributed by atoms with van der Waals surface area (Å²) in [5, 5.41) is 3.28. The molecule has 1 aliphatic heterocycles. The van der Waals surface area contributed by atoms with Gasteiger partial charge in [-0.1, -0.05) is 6.07 Å². The van der Waals surface area contributed by atoms with Crippen LogP contribution < -0.4 is 10.1 Å². The van der Waals surface area contributed by atoms with Gasteiger partial charge in [-0.2, -0.15) is 0 Å². The number of aliphatic imine (C=N–C) groups is 1. The number of aryl methyl sites for hydroxylation is 2. The summed E-state index contributed by atoms with van der Waals surface area (Å²) in [4.78, 5) is 6.49. The maximum Gasteiger partial charge on any atom is 0.193 e. The summed E-state index contributed by atoms with van der Waals surface area (Å²) < 4.78 is 5.73. The van der Waals surface area contributed by atoms with Crippen molar-refractivity contribution in [3.05, 3.63) is 29.3 Å². The van der Waals surface area contributed by atoms with Crippen molar-refractivity contribution in [1.29, 1.82) is 0 Å². The molecule has 4 nitrogen and oxygen atoms in total. The van der Waals surface area contributed by atoms with Gasteiger partial charge >= 0.3 is 0 Å². The molecule has 0 amide bonds. The molecule has 1 aromatic carbocycles. The summed E-state index contributed by atoms with van der Waals surface area (Å²) in [6.45, 7) is 7.48. The highest BCUT2D eigenvalue weighted by molar-refractivity contribution is 14.0. The highest BCUT2D eigenvalue weighted by Gasteiger charge is 2.10. The molecule has 0 saturated carbocycles. The molecule has 0 atom stereocenters. The zero-order valence-corrected chi connectivity index (χ0v) is 14.1. The summed E-state index contributed by atoms with van der Waals surface area (Å²) in [5.74, 6) is 1.91. The number of hydrogen-bond donors (Lipinski definition) is 1. The number of rotatable bonds is 4. The Labute approximate surface area is 132 Å². The predicted molar refractivity (Wildman–Crippen MR) is 89.8 cm³/mol. The van der Waals surface area contributed by atoms with Crippen LogP contribution in [0.4, 0.5) is 0 Å². The Hall–Kier alpha value is -0.980. The minimum absolute atomic E-state index is 0. The second-order valence-electron chi connectivity index (χ2n) is 4.73. The molecule has 0 radical (unpaired) electrons. The molecule has 1 heterocycles. The maximum absolute atomic E-state index is 5.73. The molecule has 106 valence electrons. The summed E-state index contributed by atoms with van der Waals surface area (Å²) in [7, 11) is 2.05. The molecule has 2 rings (SSSR count). The van der Waals surface area contributed by atoms with Gasteiger partial charge in [-0.15, -0.1) is 24.0 Å². The Balaban J connectivity index is 0.00000180. The molecule has 0 aromatic heterocycles. The van der Waals surface area contributed by atoms with Gasteiger partial charge in [0.15, 0.2) is 5.96 Å². The van der Waals surface area contributed by atoms with E-state index in [1.54, 1.807) is 0 Å². The number of halogens is 1. The lowest BCUT2D eigenvalue weighted by Crippen LogP contribution is -2.37. The second kappa shape index (κ2) is 7.57. The first-order valence-corrected chi connectivity index (χ1v) is 6.36. The van der Waals surface area contributed by atoms with Crippen molar-refractivity contribution in [3.63, 3.8) is 0 Å². The lowest BCUT2D eigenvalue weighted by molar-refractivity contribution is 0.320. The van der Waals surface area contributed by atoms with Gasteiger partial charge in [0.1, 0.15) is 12.4 Å². The lowest BCUT2D eigenvalue weighted by Gasteiger charge is -2.15. The first-order valence-electron chi connectivity index (χ1n) is 6.36. The molecule has 0 unspecified atom stereocenters. The van der Waals surface area contributed by atoms with Crippen molar-refractivity contribution in [2.75, 3.05) is 33.3 Å². The fourth-order valence-electron chi connectivity index (χ4n) is 2.07. The first kappa shape index (κ1) is 16.1. The summed E-state index contributed by atoms with van der Waals surface area (Å²) in [6.07, 6.45) is 0. The van der Waals surface area contributed by atoms with Gasteiger partial charge < -0.3 is 15.0 Å². The van der Waals surface area contributed by atoms with E-state index in [-0.39, 0.29) is 24.0 Å². The third-order valence-corrected chi connectivity index (χ3v) is 2.91. The van der Waals surface area contributed by atoms with Crippen molar-refractivity contribution in [3.8, 4) is 5.75 Å². The summed E-state index contributed by atoms with van der Waals surface area (Å²) in [5.41, 5.74) is 2.47. The van der Waals surface area contributed by atoms with Crippen LogP contribution in [0.1, 0.15) is 11.1 Å². The Kier molecular flexibility index (Phi) is 6.41. The van der Waals surface area contributed by atoms with Crippen LogP contribution in [0.15, 0.2) is 23.2 Å². The van der Waals surface area contributed by atoms with Crippen LogP contribution in [0, 0.1) is 13.8 Å². The van der Waals surface area contributed by atoms with Crippen LogP contribution in [-0.2, 0) is 0 Å². The second-order valence-corrected chi connectivity index (χ2v) is 4.73. The van der Waals surface area contributed by atoms with Gasteiger partial charge in [0.2, 0.25) is 0 Å². The molecule has 0 saturated heterocycles. The highest BCUT2D eigenvalue weighted by Crippen LogP contribution is 2.15. The average molecular weight is 375 g/mol. The third kappa shape index (κ3) is 4.89. The van der Waals surface area contributed by atoms with Crippen LogP contribution in [0.5, 0.6) is 5.75 Å². The normalized spacial score (nSPS) is 13.8. The zero-order chi connectivity index (χ0) is 13.0. The largest absolute Gasteiger partial charge is 0.492 e. The van der Waals surface area contributed by atoms with Gasteiger partial charge in [0.05, 0.1) is 13.1 Å². The number of likely N-dealkylation sites (N-methyl/N-ethyl adjacent to an activating group) is 1. The molecule has 0 fully saturated rings. The standard InChI is InChI=1S/C14H21N3O.HI/c1-11-8-12(2)10-13(9-11)18-7-5-16-14-15-4-6-17(14)3;/h8-10H,4-7H2,1-3H3,(H,15,16);1H. The van der Waals surface area contributed by atoms with Crippen LogP contribution in [-0.4, -0.2) is 44.1 Å². The van der Waals surface area contributed by atoms with Gasteiger partial charge in [0.25, 0.3) is 0 Å². The van der Waals surface area contributed by atoms with E-state index in [4.69, 9.17) is 4.74 Å². The minimum Gasteiger partial charge on any atom is -0.492 e. The molecule has 0 spiro atoms. The Morgan fingerprint density at radius 2 is 1.95 bits per heavy atom. The van der Waals surface area contributed by atoms with Crippen LogP contribution in [0.25, 0.3) is 0 Å². The van der Waals surface area contributed by atoms with E-state index in [1.807, 2.05) is 7.05 Å². The number of ether oxygens (including phenoxy) is 1. The monoisotopic (exact) mass is 375 g/mol. The summed E-state index contributed by atoms with van der Waals surface area (Å²) in [6, 6.07) is 6.27. The SMILES string of the molecule is Cc1cc(C)cc(OCCNC2=NCCN2C)c1.I. The van der Waals surface area contributed by atoms with Crippen LogP contribution in [0.3, 0.4) is 0 Å². The fourth-order valence-corrected chi connectivity index (χ4v) is 2.07. The van der Waals surface area contributed by atoms with E-state index >= 15 is 0 Å². The van der Waals surface area contributed by atoms with Gasteiger partial charge in [-0.3, -0.25) is 4.99 Å². The Morgan fingerprint density at radius 3 is 2.53 bits per heavy atom. The number of hydrogen-bond acceptors (Lipinski definition) is 4. The number of benzene rings is 1. The molecular formula is C14H22IN3O. The Bertz CT molecular complexity index is 428. The predicted octanol–water partition coefficient (Wildman–Crippen LogP) is 2.19. The quantitative estimate of drug-likeness (QED) is 0.648. The number of nitrogens with zero attached hydrogens (tertiary/aromatic N) is 2. The van der Waals surface area contributed by atoms with Crippen molar-refractivity contribution >= 4 is 29.9 Å². The van der Waals surface area contributed by atoms with E-state index in [2.05, 4.69) is 47.3 Å². The van der Waals surface area contributed by atoms with Crippen molar-refractivity contribution in [1.82, 2.24) is 10.2 Å². The molecule has 19 heavy (non-hydrogen) atoms. The van der Waals surface area contributed by atoms with E-state index in [1.165, 1.54) is 11.1 Å². The van der Waals surface area contributed by atoms with Crippen LogP contribution >= 0.6 is 24.0 Å². The molecule has 0 bridgehead atoms. The van der Waals surface area contributed by atoms with E-state index in [9.17, 15) is 0 Å². The summed E-state index contributed by atoms with van der Waals surface area (Å²) >= 11 is 0. The zero-order valence-electron chi connectivity index (χ0n) is 11.8. The topological polar surface area (TPSA) is 36.9 Å². The average Bonchev–Trinajstić information content (AvgIpc) is 2.69. The van der Waals surface area contributed by atoms with Crippen molar-refractivity contribution in [2.45, 2.75) is 13.8 Å². The van der Waals surface area contributed by atoms with Gasteiger partial charge in [-0.05, 0) is 37.1 Å². The minimum atomic E-state index is 0. The lowest BCUT2D eigenvalue weighted by atomic mass is 10.1. The third-order valence-electron chi connectivity index (χ3n) is 2.91. The van der Waals surface area contributed by atoms with Gasteiger partial charge in [-0.25, -0.2) is 0 Å². The molecule has 0 aliphatic carbocycles. The smallest absolute Gasteiger partial charge is 0.193 e. The van der Waals surface area contributed by atoms with Crippen molar-refractivity contribution in [2.24, 2.45) is 4.99 Å². The molecule has 5 heteroatoms. The van der Waals surface area contributed by atoms with Crippen molar-refractivity contribution < 1.29 is 4.74 Å². The van der Waals surface area contributed by atoms with E-state index in [0.29, 0.717) is 6.61 Å². The Morgan fingerprint density at radius 1 is 1.26 bits per heavy atom. The molecular weight excluding hydrogens is 353 g/mol.